The van der Waals surface area contributed by atoms with Gasteiger partial charge in [0.1, 0.15) is 0 Å². The summed E-state index contributed by atoms with van der Waals surface area (Å²) in [6.07, 6.45) is 0.895. The number of carboxylic acid groups (broad SMARTS) is 2. The normalized spacial score (nSPS) is 9.55. The van der Waals surface area contributed by atoms with Crippen molar-refractivity contribution < 1.29 is 48.8 Å². The zero-order valence-corrected chi connectivity index (χ0v) is 22.3. The van der Waals surface area contributed by atoms with Crippen molar-refractivity contribution in [3.05, 3.63) is 151 Å². The summed E-state index contributed by atoms with van der Waals surface area (Å²) in [5.41, 5.74) is 0.780. The molecule has 0 bridgehead atoms. The van der Waals surface area contributed by atoms with Crippen LogP contribution in [-0.4, -0.2) is 56.1 Å². The van der Waals surface area contributed by atoms with E-state index in [1.54, 1.807) is 60.7 Å². The number of non-ortho nitro benzene ring substituents is 2. The number of ketones is 2. The summed E-state index contributed by atoms with van der Waals surface area (Å²) >= 11 is 0. The minimum absolute atomic E-state index is 0.0167. The first-order valence-corrected chi connectivity index (χ1v) is 12.0. The summed E-state index contributed by atoms with van der Waals surface area (Å²) in [6.45, 7) is 0. The fraction of sp³-hybridized carbons (Fsp3) is 0. The number of aldehydes is 2. The Morgan fingerprint density at radius 3 is 1.11 bits per heavy atom. The van der Waals surface area contributed by atoms with E-state index in [4.69, 9.17) is 19.8 Å². The summed E-state index contributed by atoms with van der Waals surface area (Å²) in [7, 11) is 0. The van der Waals surface area contributed by atoms with Crippen LogP contribution in [0.25, 0.3) is 0 Å². The predicted molar refractivity (Wildman–Crippen MR) is 152 cm³/mol. The van der Waals surface area contributed by atoms with Gasteiger partial charge in [-0.25, -0.2) is 9.59 Å². The van der Waals surface area contributed by atoms with Crippen LogP contribution in [0.15, 0.2) is 97.1 Å². The predicted octanol–water partition coefficient (Wildman–Crippen LogP) is 4.43. The lowest BCUT2D eigenvalue weighted by molar-refractivity contribution is -0.385. The lowest BCUT2D eigenvalue weighted by atomic mass is 9.98. The number of hydrogen-bond acceptors (Lipinski definition) is 10. The van der Waals surface area contributed by atoms with Gasteiger partial charge in [0.15, 0.2) is 24.1 Å². The summed E-state index contributed by atoms with van der Waals surface area (Å²) in [4.78, 5) is 84.5. The highest BCUT2D eigenvalue weighted by atomic mass is 16.6. The van der Waals surface area contributed by atoms with E-state index < -0.39 is 21.8 Å². The third-order valence-electron chi connectivity index (χ3n) is 5.49. The van der Waals surface area contributed by atoms with Gasteiger partial charge in [0.2, 0.25) is 0 Å². The lowest BCUT2D eigenvalue weighted by Crippen LogP contribution is -2.09. The molecule has 0 unspecified atom stereocenters. The van der Waals surface area contributed by atoms with E-state index in [9.17, 15) is 39.4 Å². The fourth-order valence-corrected chi connectivity index (χ4v) is 3.43. The van der Waals surface area contributed by atoms with E-state index >= 15 is 0 Å². The van der Waals surface area contributed by atoms with Crippen molar-refractivity contribution in [3.63, 3.8) is 0 Å². The number of carbonyl (C=O) groups is 6. The average molecular weight is 600 g/mol. The van der Waals surface area contributed by atoms with Crippen LogP contribution in [-0.2, 0) is 9.59 Å². The van der Waals surface area contributed by atoms with Crippen molar-refractivity contribution in [2.75, 3.05) is 0 Å². The number of benzene rings is 4. The monoisotopic (exact) mass is 600 g/mol. The maximum atomic E-state index is 12.2. The minimum atomic E-state index is -1.82. The largest absolute Gasteiger partial charge is 0.473 e. The van der Waals surface area contributed by atoms with Gasteiger partial charge >= 0.3 is 11.9 Å². The molecule has 0 heterocycles. The summed E-state index contributed by atoms with van der Waals surface area (Å²) < 4.78 is 0. The van der Waals surface area contributed by atoms with Crippen LogP contribution in [0.1, 0.15) is 52.6 Å². The molecular weight excluding hydrogens is 580 g/mol. The standard InChI is InChI=1S/2C14H9NO4.C2H2O4/c2*16-9-11-8-12(15(18)19)6-7-13(11)14(17)10-4-2-1-3-5-10;3-1(4)2(5)6/h2*1-9H;(H,3,4)(H,5,6). The third kappa shape index (κ3) is 9.17. The maximum Gasteiger partial charge on any atom is 0.414 e. The molecule has 0 saturated carbocycles. The van der Waals surface area contributed by atoms with Gasteiger partial charge in [-0.15, -0.1) is 0 Å². The number of nitro benzene ring substituents is 2. The first-order valence-electron chi connectivity index (χ1n) is 12.0. The molecule has 0 aromatic heterocycles. The first-order chi connectivity index (χ1) is 20.9. The highest BCUT2D eigenvalue weighted by Gasteiger charge is 2.18. The molecule has 0 spiro atoms. The van der Waals surface area contributed by atoms with Gasteiger partial charge < -0.3 is 10.2 Å². The summed E-state index contributed by atoms with van der Waals surface area (Å²) in [5.74, 6) is -4.32. The average Bonchev–Trinajstić information content (AvgIpc) is 3.04. The number of carbonyl (C=O) groups excluding carboxylic acids is 4. The Morgan fingerprint density at radius 1 is 0.545 bits per heavy atom. The van der Waals surface area contributed by atoms with Gasteiger partial charge in [-0.3, -0.25) is 39.4 Å². The van der Waals surface area contributed by atoms with E-state index in [1.807, 2.05) is 0 Å². The lowest BCUT2D eigenvalue weighted by Gasteiger charge is -2.04. The molecule has 14 heteroatoms. The van der Waals surface area contributed by atoms with E-state index in [0.29, 0.717) is 23.7 Å². The molecule has 0 saturated heterocycles. The van der Waals surface area contributed by atoms with Gasteiger partial charge in [0.05, 0.1) is 9.85 Å². The molecule has 0 fully saturated rings. The summed E-state index contributed by atoms with van der Waals surface area (Å²) in [5, 5.41) is 36.0. The van der Waals surface area contributed by atoms with Crippen molar-refractivity contribution in [2.45, 2.75) is 0 Å². The van der Waals surface area contributed by atoms with Crippen LogP contribution in [0.2, 0.25) is 0 Å². The van der Waals surface area contributed by atoms with Crippen LogP contribution in [0, 0.1) is 20.2 Å². The Kier molecular flexibility index (Phi) is 12.1. The third-order valence-corrected chi connectivity index (χ3v) is 5.49. The van der Waals surface area contributed by atoms with Gasteiger partial charge in [-0.05, 0) is 12.1 Å². The van der Waals surface area contributed by atoms with Gasteiger partial charge in [0.25, 0.3) is 11.4 Å². The maximum absolute atomic E-state index is 12.2. The van der Waals surface area contributed by atoms with Crippen molar-refractivity contribution in [1.82, 2.24) is 0 Å². The number of nitrogens with zero attached hydrogens (tertiary/aromatic N) is 2. The highest BCUT2D eigenvalue weighted by molar-refractivity contribution is 6.27. The number of hydrogen-bond donors (Lipinski definition) is 2. The topological polar surface area (TPSA) is 229 Å². The van der Waals surface area contributed by atoms with Crippen LogP contribution in [0.3, 0.4) is 0 Å². The summed E-state index contributed by atoms with van der Waals surface area (Å²) in [6, 6.07) is 24.1. The molecule has 0 aliphatic rings. The zero-order valence-electron chi connectivity index (χ0n) is 22.3. The number of rotatable bonds is 8. The molecule has 44 heavy (non-hydrogen) atoms. The second-order valence-electron chi connectivity index (χ2n) is 8.29. The number of aliphatic carboxylic acids is 2. The van der Waals surface area contributed by atoms with E-state index in [0.717, 1.165) is 12.1 Å². The number of nitro groups is 2. The van der Waals surface area contributed by atoms with Gasteiger partial charge in [-0.2, -0.15) is 0 Å². The van der Waals surface area contributed by atoms with Crippen LogP contribution in [0.4, 0.5) is 11.4 Å². The molecule has 0 atom stereocenters. The molecule has 4 rings (SSSR count). The highest BCUT2D eigenvalue weighted by Crippen LogP contribution is 2.20. The molecule has 4 aromatic rings. The Labute approximate surface area is 247 Å². The second-order valence-corrected chi connectivity index (χ2v) is 8.29. The van der Waals surface area contributed by atoms with Crippen molar-refractivity contribution in [3.8, 4) is 0 Å². The van der Waals surface area contributed by atoms with E-state index in [2.05, 4.69) is 0 Å². The molecule has 0 aliphatic carbocycles. The molecular formula is C30H20N2O12. The van der Waals surface area contributed by atoms with E-state index in [-0.39, 0.29) is 45.2 Å². The smallest absolute Gasteiger partial charge is 0.414 e. The molecule has 0 radical (unpaired) electrons. The van der Waals surface area contributed by atoms with Crippen LogP contribution >= 0.6 is 0 Å². The Balaban J connectivity index is 0.000000260. The molecule has 14 nitrogen and oxygen atoms in total. The quantitative estimate of drug-likeness (QED) is 0.0940. The van der Waals surface area contributed by atoms with Gasteiger partial charge in [0, 0.05) is 57.6 Å². The Bertz CT molecular complexity index is 1610. The van der Waals surface area contributed by atoms with Crippen LogP contribution in [0.5, 0.6) is 0 Å². The molecule has 0 amide bonds. The Hall–Kier alpha value is -6.70. The van der Waals surface area contributed by atoms with Crippen LogP contribution < -0.4 is 0 Å². The minimum Gasteiger partial charge on any atom is -0.473 e. The first kappa shape index (κ1) is 33.5. The van der Waals surface area contributed by atoms with Crippen molar-refractivity contribution in [2.24, 2.45) is 0 Å². The molecule has 0 aliphatic heterocycles. The second kappa shape index (κ2) is 15.9. The molecule has 4 aromatic carbocycles. The molecule has 2 N–H and O–H groups in total. The van der Waals surface area contributed by atoms with E-state index in [1.165, 1.54) is 24.3 Å². The fourth-order valence-electron chi connectivity index (χ4n) is 3.43. The van der Waals surface area contributed by atoms with Crippen molar-refractivity contribution >= 4 is 47.5 Å². The SMILES string of the molecule is O=C(O)C(=O)O.O=Cc1cc([N+](=O)[O-])ccc1C(=O)c1ccccc1.O=Cc1cc([N+](=O)[O-])ccc1C(=O)c1ccccc1. The molecule has 222 valence electrons. The number of carboxylic acids is 2. The Morgan fingerprint density at radius 2 is 0.864 bits per heavy atom. The van der Waals surface area contributed by atoms with Gasteiger partial charge in [-0.1, -0.05) is 60.7 Å². The zero-order chi connectivity index (χ0) is 32.8. The van der Waals surface area contributed by atoms with Crippen molar-refractivity contribution in [1.29, 1.82) is 0 Å².